The van der Waals surface area contributed by atoms with Crippen molar-refractivity contribution in [2.45, 2.75) is 38.1 Å². The first-order valence-corrected chi connectivity index (χ1v) is 5.58. The number of aryl methyl sites for hydroxylation is 1. The van der Waals surface area contributed by atoms with E-state index in [4.69, 9.17) is 5.73 Å². The van der Waals surface area contributed by atoms with E-state index in [1.165, 1.54) is 6.07 Å². The molecule has 1 aromatic carbocycles. The summed E-state index contributed by atoms with van der Waals surface area (Å²) in [6.45, 7) is 1.85. The van der Waals surface area contributed by atoms with Crippen LogP contribution in [0.25, 0.3) is 0 Å². The number of benzene rings is 1. The van der Waals surface area contributed by atoms with E-state index in [9.17, 15) is 9.18 Å². The van der Waals surface area contributed by atoms with Crippen molar-refractivity contribution in [3.63, 3.8) is 0 Å². The van der Waals surface area contributed by atoms with Gasteiger partial charge in [0.2, 0.25) is 0 Å². The molecule has 1 fully saturated rings. The summed E-state index contributed by atoms with van der Waals surface area (Å²) in [4.78, 5) is 11.9. The van der Waals surface area contributed by atoms with Gasteiger partial charge in [-0.2, -0.15) is 0 Å². The van der Waals surface area contributed by atoms with Gasteiger partial charge in [-0.15, -0.1) is 0 Å². The summed E-state index contributed by atoms with van der Waals surface area (Å²) in [5.74, 6) is -0.623. The summed E-state index contributed by atoms with van der Waals surface area (Å²) in [7, 11) is 0. The maximum Gasteiger partial charge on any atom is 0.167 e. The first-order chi connectivity index (χ1) is 7.50. The van der Waals surface area contributed by atoms with Crippen molar-refractivity contribution in [1.29, 1.82) is 0 Å². The highest BCUT2D eigenvalue weighted by molar-refractivity contribution is 5.97. The zero-order valence-corrected chi connectivity index (χ0v) is 9.42. The number of carbonyl (C=O) groups is 1. The van der Waals surface area contributed by atoms with E-state index in [-0.39, 0.29) is 23.3 Å². The Kier molecular flexibility index (Phi) is 2.80. The average molecular weight is 221 g/mol. The zero-order valence-electron chi connectivity index (χ0n) is 9.42. The predicted octanol–water partition coefficient (Wildman–Crippen LogP) is 2.59. The topological polar surface area (TPSA) is 43.1 Å². The molecule has 2 N–H and O–H groups in total. The fraction of sp³-hybridized carbons (Fsp3) is 0.462. The summed E-state index contributed by atoms with van der Waals surface area (Å²) < 4.78 is 13.5. The van der Waals surface area contributed by atoms with Crippen LogP contribution in [0.3, 0.4) is 0 Å². The van der Waals surface area contributed by atoms with Gasteiger partial charge < -0.3 is 5.73 Å². The molecule has 0 bridgehead atoms. The van der Waals surface area contributed by atoms with Gasteiger partial charge in [0, 0.05) is 12.0 Å². The molecule has 1 saturated carbocycles. The van der Waals surface area contributed by atoms with Crippen molar-refractivity contribution < 1.29 is 9.18 Å². The average Bonchev–Trinajstić information content (AvgIpc) is 2.19. The van der Waals surface area contributed by atoms with E-state index in [0.717, 1.165) is 24.8 Å². The molecule has 1 aliphatic carbocycles. The Morgan fingerprint density at radius 1 is 1.50 bits per heavy atom. The van der Waals surface area contributed by atoms with Crippen molar-refractivity contribution >= 4 is 5.78 Å². The summed E-state index contributed by atoms with van der Waals surface area (Å²) in [5, 5.41) is 0. The first kappa shape index (κ1) is 11.3. The number of hydrogen-bond donors (Lipinski definition) is 1. The van der Waals surface area contributed by atoms with Crippen molar-refractivity contribution in [3.05, 3.63) is 35.1 Å². The number of nitrogens with two attached hydrogens (primary N) is 1. The molecular weight excluding hydrogens is 205 g/mol. The Bertz CT molecular complexity index is 424. The van der Waals surface area contributed by atoms with E-state index in [0.29, 0.717) is 0 Å². The van der Waals surface area contributed by atoms with Gasteiger partial charge in [0.1, 0.15) is 5.82 Å². The van der Waals surface area contributed by atoms with E-state index in [1.807, 2.05) is 6.92 Å². The summed E-state index contributed by atoms with van der Waals surface area (Å²) in [5.41, 5.74) is 6.67. The predicted molar refractivity (Wildman–Crippen MR) is 60.9 cm³/mol. The quantitative estimate of drug-likeness (QED) is 0.797. The highest BCUT2D eigenvalue weighted by atomic mass is 19.1. The lowest BCUT2D eigenvalue weighted by Gasteiger charge is -2.37. The molecule has 3 heteroatoms. The van der Waals surface area contributed by atoms with Crippen LogP contribution in [0.1, 0.15) is 41.6 Å². The van der Waals surface area contributed by atoms with Gasteiger partial charge in [-0.05, 0) is 38.3 Å². The van der Waals surface area contributed by atoms with Crippen molar-refractivity contribution in [3.8, 4) is 0 Å². The number of hydrogen-bond acceptors (Lipinski definition) is 2. The molecule has 1 aliphatic rings. The summed E-state index contributed by atoms with van der Waals surface area (Å²) in [6.07, 6.45) is 3.06. The minimum Gasteiger partial charge on any atom is -0.325 e. The van der Waals surface area contributed by atoms with Gasteiger partial charge in [-0.25, -0.2) is 4.39 Å². The van der Waals surface area contributed by atoms with Crippen LogP contribution in [0, 0.1) is 12.7 Å². The number of halogens is 1. The smallest absolute Gasteiger partial charge is 0.167 e. The van der Waals surface area contributed by atoms with Crippen molar-refractivity contribution in [1.82, 2.24) is 0 Å². The molecule has 0 amide bonds. The van der Waals surface area contributed by atoms with E-state index in [1.54, 1.807) is 12.1 Å². The van der Waals surface area contributed by atoms with Crippen LogP contribution < -0.4 is 5.73 Å². The second kappa shape index (κ2) is 3.98. The van der Waals surface area contributed by atoms with Gasteiger partial charge in [-0.1, -0.05) is 11.6 Å². The number of carbonyl (C=O) groups excluding carboxylic acids is 1. The Morgan fingerprint density at radius 3 is 2.75 bits per heavy atom. The Hall–Kier alpha value is -1.22. The van der Waals surface area contributed by atoms with Gasteiger partial charge >= 0.3 is 0 Å². The third kappa shape index (κ3) is 2.14. The maximum absolute atomic E-state index is 13.5. The molecule has 2 nitrogen and oxygen atoms in total. The highest BCUT2D eigenvalue weighted by Crippen LogP contribution is 2.33. The van der Waals surface area contributed by atoms with Crippen molar-refractivity contribution in [2.24, 2.45) is 5.73 Å². The number of rotatable bonds is 3. The largest absolute Gasteiger partial charge is 0.325 e. The fourth-order valence-electron chi connectivity index (χ4n) is 2.08. The monoisotopic (exact) mass is 221 g/mol. The standard InChI is InChI=1S/C13H16FNO/c1-9-3-4-11(14)10(7-9)12(16)8-13(15)5-2-6-13/h3-4,7H,2,5-6,8,15H2,1H3. The molecule has 1 aromatic rings. The molecule has 0 saturated heterocycles. The third-order valence-electron chi connectivity index (χ3n) is 3.28. The van der Waals surface area contributed by atoms with Crippen LogP contribution in [0.2, 0.25) is 0 Å². The van der Waals surface area contributed by atoms with Crippen LogP contribution in [0.15, 0.2) is 18.2 Å². The molecule has 0 aliphatic heterocycles. The molecule has 0 atom stereocenters. The minimum absolute atomic E-state index is 0.177. The van der Waals surface area contributed by atoms with Crippen LogP contribution >= 0.6 is 0 Å². The maximum atomic E-state index is 13.5. The van der Waals surface area contributed by atoms with Crippen LogP contribution in [-0.2, 0) is 0 Å². The number of Topliss-reactive ketones (excluding diaryl/α,β-unsaturated/α-hetero) is 1. The molecule has 0 heterocycles. The Morgan fingerprint density at radius 2 is 2.19 bits per heavy atom. The lowest BCUT2D eigenvalue weighted by molar-refractivity contribution is 0.0908. The van der Waals surface area contributed by atoms with E-state index >= 15 is 0 Å². The van der Waals surface area contributed by atoms with Crippen LogP contribution in [0.5, 0.6) is 0 Å². The van der Waals surface area contributed by atoms with Crippen LogP contribution in [-0.4, -0.2) is 11.3 Å². The van der Waals surface area contributed by atoms with E-state index < -0.39 is 5.82 Å². The molecule has 16 heavy (non-hydrogen) atoms. The highest BCUT2D eigenvalue weighted by Gasteiger charge is 2.35. The summed E-state index contributed by atoms with van der Waals surface area (Å²) >= 11 is 0. The van der Waals surface area contributed by atoms with Gasteiger partial charge in [-0.3, -0.25) is 4.79 Å². The Balaban J connectivity index is 2.17. The second-order valence-corrected chi connectivity index (χ2v) is 4.80. The van der Waals surface area contributed by atoms with Gasteiger partial charge in [0.05, 0.1) is 5.56 Å². The third-order valence-corrected chi connectivity index (χ3v) is 3.28. The lowest BCUT2D eigenvalue weighted by atomic mass is 9.73. The normalized spacial score (nSPS) is 17.9. The molecule has 0 radical (unpaired) electrons. The zero-order chi connectivity index (χ0) is 11.8. The van der Waals surface area contributed by atoms with Crippen LogP contribution in [0.4, 0.5) is 4.39 Å². The molecule has 86 valence electrons. The molecule has 0 aromatic heterocycles. The Labute approximate surface area is 94.6 Å². The number of ketones is 1. The van der Waals surface area contributed by atoms with Gasteiger partial charge in [0.15, 0.2) is 5.78 Å². The SMILES string of the molecule is Cc1ccc(F)c(C(=O)CC2(N)CCC2)c1. The summed E-state index contributed by atoms with van der Waals surface area (Å²) in [6, 6.07) is 4.60. The molecule has 0 spiro atoms. The van der Waals surface area contributed by atoms with E-state index in [2.05, 4.69) is 0 Å². The molecule has 0 unspecified atom stereocenters. The fourth-order valence-corrected chi connectivity index (χ4v) is 2.08. The molecule has 2 rings (SSSR count). The first-order valence-electron chi connectivity index (χ1n) is 5.58. The minimum atomic E-state index is -0.446. The van der Waals surface area contributed by atoms with Gasteiger partial charge in [0.25, 0.3) is 0 Å². The lowest BCUT2D eigenvalue weighted by Crippen LogP contribution is -2.48. The van der Waals surface area contributed by atoms with Crippen molar-refractivity contribution in [2.75, 3.05) is 0 Å². The molecular formula is C13H16FNO. The second-order valence-electron chi connectivity index (χ2n) is 4.80.